The normalized spacial score (nSPS) is 17.9. The molecular formula is C20H19FN4. The van der Waals surface area contributed by atoms with Gasteiger partial charge in [0.05, 0.1) is 11.1 Å². The minimum Gasteiger partial charge on any atom is -0.274 e. The molecule has 1 aliphatic rings. The van der Waals surface area contributed by atoms with Gasteiger partial charge in [-0.3, -0.25) is 4.99 Å². The molecule has 126 valence electrons. The number of aromatic nitrogens is 3. The van der Waals surface area contributed by atoms with Crippen molar-refractivity contribution in [2.75, 3.05) is 0 Å². The molecule has 2 heterocycles. The van der Waals surface area contributed by atoms with Crippen LogP contribution in [0, 0.1) is 5.82 Å². The Hall–Kier alpha value is -2.69. The van der Waals surface area contributed by atoms with Crippen molar-refractivity contribution in [1.29, 1.82) is 0 Å². The number of nitrogens with zero attached hydrogens (tertiary/aromatic N) is 4. The van der Waals surface area contributed by atoms with E-state index in [4.69, 9.17) is 4.99 Å². The summed E-state index contributed by atoms with van der Waals surface area (Å²) < 4.78 is 14.7. The molecule has 2 aromatic carbocycles. The van der Waals surface area contributed by atoms with E-state index in [1.54, 1.807) is 6.07 Å². The number of aliphatic imine (C=N–C) groups is 1. The summed E-state index contributed by atoms with van der Waals surface area (Å²) in [5.74, 6) is 0.200. The quantitative estimate of drug-likeness (QED) is 0.674. The number of fused-ring (bicyclic) bond motifs is 2. The zero-order valence-electron chi connectivity index (χ0n) is 14.7. The van der Waals surface area contributed by atoms with Gasteiger partial charge in [0.1, 0.15) is 17.0 Å². The second kappa shape index (κ2) is 5.15. The van der Waals surface area contributed by atoms with Gasteiger partial charge in [-0.25, -0.2) is 9.37 Å². The Morgan fingerprint density at radius 2 is 1.56 bits per heavy atom. The average Bonchev–Trinajstić information content (AvgIpc) is 2.58. The third-order valence-corrected chi connectivity index (χ3v) is 5.39. The van der Waals surface area contributed by atoms with Crippen LogP contribution in [-0.4, -0.2) is 26.4 Å². The van der Waals surface area contributed by atoms with Crippen molar-refractivity contribution in [2.45, 2.75) is 38.6 Å². The van der Waals surface area contributed by atoms with Gasteiger partial charge in [0, 0.05) is 16.5 Å². The average molecular weight is 334 g/mol. The zero-order valence-corrected chi connectivity index (χ0v) is 14.7. The van der Waals surface area contributed by atoms with Crippen LogP contribution >= 0.6 is 0 Å². The van der Waals surface area contributed by atoms with E-state index in [1.807, 2.05) is 58.0 Å². The van der Waals surface area contributed by atoms with E-state index in [9.17, 15) is 4.39 Å². The highest BCUT2D eigenvalue weighted by Gasteiger charge is 2.46. The number of hydrogen-bond donors (Lipinski definition) is 0. The fourth-order valence-corrected chi connectivity index (χ4v) is 3.29. The van der Waals surface area contributed by atoms with Crippen LogP contribution in [0.4, 0.5) is 4.39 Å². The van der Waals surface area contributed by atoms with Gasteiger partial charge in [0.25, 0.3) is 0 Å². The SMILES string of the molecule is CC1(C)N=C(c2nnc3ccccc3n2)c2cccc(F)c2C1(C)C. The van der Waals surface area contributed by atoms with E-state index >= 15 is 0 Å². The molecule has 0 fully saturated rings. The first-order valence-corrected chi connectivity index (χ1v) is 8.30. The van der Waals surface area contributed by atoms with Gasteiger partial charge in [0.15, 0.2) is 0 Å². The van der Waals surface area contributed by atoms with Crippen LogP contribution in [-0.2, 0) is 5.41 Å². The fourth-order valence-electron chi connectivity index (χ4n) is 3.29. The van der Waals surface area contributed by atoms with Crippen molar-refractivity contribution >= 4 is 16.7 Å². The maximum absolute atomic E-state index is 14.7. The summed E-state index contributed by atoms with van der Waals surface area (Å²) in [6.45, 7) is 8.07. The lowest BCUT2D eigenvalue weighted by Crippen LogP contribution is -2.47. The minimum absolute atomic E-state index is 0.225. The molecule has 25 heavy (non-hydrogen) atoms. The molecule has 0 saturated carbocycles. The second-order valence-corrected chi connectivity index (χ2v) is 7.43. The molecule has 0 atom stereocenters. The van der Waals surface area contributed by atoms with Crippen LogP contribution in [0.1, 0.15) is 44.6 Å². The summed E-state index contributed by atoms with van der Waals surface area (Å²) in [6.07, 6.45) is 0. The molecule has 0 saturated heterocycles. The van der Waals surface area contributed by atoms with E-state index in [2.05, 4.69) is 15.2 Å². The Labute approximate surface area is 145 Å². The summed E-state index contributed by atoms with van der Waals surface area (Å²) in [4.78, 5) is 9.53. The number of hydrogen-bond acceptors (Lipinski definition) is 4. The zero-order chi connectivity index (χ0) is 17.8. The molecule has 0 amide bonds. The van der Waals surface area contributed by atoms with Gasteiger partial charge in [-0.15, -0.1) is 10.2 Å². The van der Waals surface area contributed by atoms with E-state index in [-0.39, 0.29) is 5.82 Å². The van der Waals surface area contributed by atoms with Crippen molar-refractivity contribution in [1.82, 2.24) is 15.2 Å². The maximum Gasteiger partial charge on any atom is 0.201 e. The highest BCUT2D eigenvalue weighted by atomic mass is 19.1. The van der Waals surface area contributed by atoms with Crippen molar-refractivity contribution < 1.29 is 4.39 Å². The molecule has 0 spiro atoms. The van der Waals surface area contributed by atoms with Gasteiger partial charge in [-0.2, -0.15) is 0 Å². The lowest BCUT2D eigenvalue weighted by atomic mass is 9.66. The van der Waals surface area contributed by atoms with E-state index < -0.39 is 11.0 Å². The summed E-state index contributed by atoms with van der Waals surface area (Å²) in [7, 11) is 0. The molecule has 1 aliphatic heterocycles. The van der Waals surface area contributed by atoms with Crippen molar-refractivity contribution in [2.24, 2.45) is 4.99 Å². The van der Waals surface area contributed by atoms with Gasteiger partial charge in [-0.05, 0) is 32.0 Å². The fraction of sp³-hybridized carbons (Fsp3) is 0.300. The predicted octanol–water partition coefficient (Wildman–Crippen LogP) is 4.07. The van der Waals surface area contributed by atoms with Crippen molar-refractivity contribution in [3.05, 3.63) is 65.2 Å². The molecule has 3 aromatic rings. The molecule has 0 unspecified atom stereocenters. The van der Waals surface area contributed by atoms with Gasteiger partial charge < -0.3 is 0 Å². The molecule has 0 N–H and O–H groups in total. The van der Waals surface area contributed by atoms with Crippen molar-refractivity contribution in [3.63, 3.8) is 0 Å². The summed E-state index contributed by atoms with van der Waals surface area (Å²) in [5.41, 5.74) is 2.49. The minimum atomic E-state index is -0.507. The third-order valence-electron chi connectivity index (χ3n) is 5.39. The Morgan fingerprint density at radius 3 is 2.32 bits per heavy atom. The molecule has 4 nitrogen and oxygen atoms in total. The van der Waals surface area contributed by atoms with E-state index in [1.165, 1.54) is 6.07 Å². The number of para-hydroxylation sites is 1. The lowest BCUT2D eigenvalue weighted by Gasteiger charge is -2.44. The largest absolute Gasteiger partial charge is 0.274 e. The van der Waals surface area contributed by atoms with E-state index in [0.717, 1.165) is 16.6 Å². The van der Waals surface area contributed by atoms with Gasteiger partial charge in [0.2, 0.25) is 5.82 Å². The highest BCUT2D eigenvalue weighted by Crippen LogP contribution is 2.44. The summed E-state index contributed by atoms with van der Waals surface area (Å²) in [5, 5.41) is 8.51. The van der Waals surface area contributed by atoms with Gasteiger partial charge >= 0.3 is 0 Å². The van der Waals surface area contributed by atoms with Crippen LogP contribution in [0.15, 0.2) is 47.5 Å². The smallest absolute Gasteiger partial charge is 0.201 e. The molecule has 0 aliphatic carbocycles. The first-order chi connectivity index (χ1) is 11.8. The maximum atomic E-state index is 14.7. The Bertz CT molecular complexity index is 1020. The monoisotopic (exact) mass is 334 g/mol. The molecular weight excluding hydrogens is 315 g/mol. The van der Waals surface area contributed by atoms with E-state index in [0.29, 0.717) is 17.1 Å². The summed E-state index contributed by atoms with van der Waals surface area (Å²) in [6, 6.07) is 12.6. The third kappa shape index (κ3) is 2.26. The standard InChI is InChI=1S/C20H19FN4/c1-19(2)16-12(8-7-9-13(16)21)17(23-20(19,3)4)18-22-14-10-5-6-11-15(14)24-25-18/h5-11H,1-4H3. The Morgan fingerprint density at radius 1 is 0.840 bits per heavy atom. The van der Waals surface area contributed by atoms with Crippen molar-refractivity contribution in [3.8, 4) is 0 Å². The summed E-state index contributed by atoms with van der Waals surface area (Å²) >= 11 is 0. The van der Waals surface area contributed by atoms with Crippen LogP contribution < -0.4 is 0 Å². The first-order valence-electron chi connectivity index (χ1n) is 8.30. The second-order valence-electron chi connectivity index (χ2n) is 7.43. The molecule has 0 bridgehead atoms. The van der Waals surface area contributed by atoms with Crippen LogP contribution in [0.5, 0.6) is 0 Å². The highest BCUT2D eigenvalue weighted by molar-refractivity contribution is 6.13. The molecule has 5 heteroatoms. The van der Waals surface area contributed by atoms with Gasteiger partial charge in [-0.1, -0.05) is 38.1 Å². The number of rotatable bonds is 1. The first kappa shape index (κ1) is 15.8. The number of benzene rings is 2. The molecule has 1 aromatic heterocycles. The predicted molar refractivity (Wildman–Crippen MR) is 96.5 cm³/mol. The lowest BCUT2D eigenvalue weighted by molar-refractivity contribution is 0.293. The van der Waals surface area contributed by atoms with Crippen LogP contribution in [0.25, 0.3) is 11.0 Å². The molecule has 4 rings (SSSR count). The molecule has 0 radical (unpaired) electrons. The Kier molecular flexibility index (Phi) is 3.26. The topological polar surface area (TPSA) is 51.0 Å². The number of halogens is 1. The van der Waals surface area contributed by atoms with Crippen LogP contribution in [0.3, 0.4) is 0 Å². The van der Waals surface area contributed by atoms with Crippen LogP contribution in [0.2, 0.25) is 0 Å². The Balaban J connectivity index is 2.00.